The number of ether oxygens (including phenoxy) is 2. The summed E-state index contributed by atoms with van der Waals surface area (Å²) in [5.41, 5.74) is 0.315. The van der Waals surface area contributed by atoms with Crippen molar-refractivity contribution in [3.63, 3.8) is 0 Å². The van der Waals surface area contributed by atoms with E-state index in [-0.39, 0.29) is 17.9 Å². The molecule has 1 rings (SSSR count). The highest BCUT2D eigenvalue weighted by atomic mass is 16.5. The molecule has 0 unspecified atom stereocenters. The summed E-state index contributed by atoms with van der Waals surface area (Å²) >= 11 is 0. The van der Waals surface area contributed by atoms with Crippen molar-refractivity contribution in [2.75, 3.05) is 6.61 Å². The second kappa shape index (κ2) is 7.99. The molecule has 0 amide bonds. The highest BCUT2D eigenvalue weighted by Crippen LogP contribution is 2.24. The lowest BCUT2D eigenvalue weighted by Gasteiger charge is -2.14. The summed E-state index contributed by atoms with van der Waals surface area (Å²) in [6, 6.07) is 0. The average Bonchev–Trinajstić information content (AvgIpc) is 2.66. The highest BCUT2D eigenvalue weighted by molar-refractivity contribution is 6.17. The van der Waals surface area contributed by atoms with E-state index >= 15 is 0 Å². The van der Waals surface area contributed by atoms with Crippen molar-refractivity contribution >= 4 is 17.7 Å². The first-order valence-electron chi connectivity index (χ1n) is 6.60. The van der Waals surface area contributed by atoms with Gasteiger partial charge < -0.3 is 9.47 Å². The molecule has 0 radical (unpaired) electrons. The number of hydrogen-bond donors (Lipinski definition) is 0. The van der Waals surface area contributed by atoms with Gasteiger partial charge in [0.05, 0.1) is 6.61 Å². The summed E-state index contributed by atoms with van der Waals surface area (Å²) in [6.07, 6.45) is 9.34. The van der Waals surface area contributed by atoms with Gasteiger partial charge in [0, 0.05) is 6.92 Å². The molecule has 0 aliphatic heterocycles. The summed E-state index contributed by atoms with van der Waals surface area (Å²) in [6.45, 7) is 4.21. The van der Waals surface area contributed by atoms with Crippen molar-refractivity contribution < 1.29 is 23.9 Å². The fourth-order valence-corrected chi connectivity index (χ4v) is 1.77. The maximum absolute atomic E-state index is 12.0. The Hall–Kier alpha value is -2.43. The van der Waals surface area contributed by atoms with Gasteiger partial charge in [-0.1, -0.05) is 30.4 Å². The summed E-state index contributed by atoms with van der Waals surface area (Å²) in [4.78, 5) is 35.1. The molecular formula is C16H18O5. The molecule has 0 saturated heterocycles. The minimum atomic E-state index is -0.792. The zero-order valence-electron chi connectivity index (χ0n) is 12.3. The predicted octanol–water partition coefficient (Wildman–Crippen LogP) is 2.40. The molecule has 0 heterocycles. The first-order valence-corrected chi connectivity index (χ1v) is 6.60. The molecule has 0 N–H and O–H groups in total. The molecule has 0 aromatic rings. The molecule has 5 heteroatoms. The van der Waals surface area contributed by atoms with Gasteiger partial charge in [-0.15, -0.1) is 0 Å². The van der Waals surface area contributed by atoms with Crippen molar-refractivity contribution in [1.82, 2.24) is 0 Å². The standard InChI is InChI=1S/C16H18O5/c1-4-20-16(19)14(11(2)17)15(21-12(3)18)13-9-7-5-6-8-10-13/h5-9H,4,10H2,1-3H3/b15-14-. The Labute approximate surface area is 123 Å². The van der Waals surface area contributed by atoms with Gasteiger partial charge in [0.25, 0.3) is 0 Å². The second-order valence-corrected chi connectivity index (χ2v) is 4.28. The van der Waals surface area contributed by atoms with Gasteiger partial charge in [-0.2, -0.15) is 0 Å². The van der Waals surface area contributed by atoms with Gasteiger partial charge in [-0.05, 0) is 25.8 Å². The molecule has 0 atom stereocenters. The van der Waals surface area contributed by atoms with Crippen LogP contribution in [0.25, 0.3) is 0 Å². The first-order chi connectivity index (χ1) is 9.97. The molecule has 0 aromatic heterocycles. The number of Topliss-reactive ketones (excluding diaryl/α,β-unsaturated/α-hetero) is 1. The minimum absolute atomic E-state index is 0.0374. The largest absolute Gasteiger partial charge is 0.462 e. The van der Waals surface area contributed by atoms with Crippen LogP contribution in [-0.4, -0.2) is 24.3 Å². The van der Waals surface area contributed by atoms with Crippen molar-refractivity contribution in [2.45, 2.75) is 27.2 Å². The van der Waals surface area contributed by atoms with E-state index in [1.807, 2.05) is 12.2 Å². The first kappa shape index (κ1) is 16.6. The number of rotatable bonds is 5. The fraction of sp³-hybridized carbons (Fsp3) is 0.312. The Balaban J connectivity index is 3.39. The van der Waals surface area contributed by atoms with Gasteiger partial charge in [0.2, 0.25) is 0 Å². The quantitative estimate of drug-likeness (QED) is 0.256. The van der Waals surface area contributed by atoms with Crippen LogP contribution in [0.2, 0.25) is 0 Å². The van der Waals surface area contributed by atoms with E-state index in [2.05, 4.69) is 0 Å². The van der Waals surface area contributed by atoms with E-state index in [1.54, 1.807) is 25.2 Å². The van der Waals surface area contributed by atoms with E-state index in [4.69, 9.17) is 9.47 Å². The van der Waals surface area contributed by atoms with Gasteiger partial charge in [-0.3, -0.25) is 9.59 Å². The Morgan fingerprint density at radius 1 is 1.14 bits per heavy atom. The van der Waals surface area contributed by atoms with Crippen LogP contribution in [0.1, 0.15) is 27.2 Å². The Morgan fingerprint density at radius 2 is 1.86 bits per heavy atom. The Morgan fingerprint density at radius 3 is 2.43 bits per heavy atom. The number of hydrogen-bond acceptors (Lipinski definition) is 5. The third-order valence-corrected chi connectivity index (χ3v) is 2.59. The van der Waals surface area contributed by atoms with Gasteiger partial charge in [-0.25, -0.2) is 4.79 Å². The average molecular weight is 290 g/mol. The molecule has 0 bridgehead atoms. The van der Waals surface area contributed by atoms with E-state index in [0.29, 0.717) is 12.0 Å². The normalized spacial score (nSPS) is 14.7. The minimum Gasteiger partial charge on any atom is -0.462 e. The van der Waals surface area contributed by atoms with Crippen molar-refractivity contribution in [1.29, 1.82) is 0 Å². The fourth-order valence-electron chi connectivity index (χ4n) is 1.77. The lowest BCUT2D eigenvalue weighted by atomic mass is 10.0. The maximum Gasteiger partial charge on any atom is 0.345 e. The Kier molecular flexibility index (Phi) is 6.33. The molecule has 0 spiro atoms. The monoisotopic (exact) mass is 290 g/mol. The van der Waals surface area contributed by atoms with Gasteiger partial charge in [0.1, 0.15) is 5.57 Å². The molecule has 1 aliphatic carbocycles. The zero-order valence-corrected chi connectivity index (χ0v) is 12.3. The molecule has 21 heavy (non-hydrogen) atoms. The van der Waals surface area contributed by atoms with Crippen LogP contribution in [-0.2, 0) is 23.9 Å². The number of esters is 2. The van der Waals surface area contributed by atoms with Crippen LogP contribution >= 0.6 is 0 Å². The lowest BCUT2D eigenvalue weighted by molar-refractivity contribution is -0.140. The number of carbonyl (C=O) groups excluding carboxylic acids is 3. The highest BCUT2D eigenvalue weighted by Gasteiger charge is 2.26. The van der Waals surface area contributed by atoms with Crippen LogP contribution in [0, 0.1) is 0 Å². The summed E-state index contributed by atoms with van der Waals surface area (Å²) < 4.78 is 10.00. The molecular weight excluding hydrogens is 272 g/mol. The molecule has 0 aromatic carbocycles. The van der Waals surface area contributed by atoms with Gasteiger partial charge >= 0.3 is 11.9 Å². The molecule has 0 fully saturated rings. The number of ketones is 1. The van der Waals surface area contributed by atoms with E-state index in [0.717, 1.165) is 0 Å². The lowest BCUT2D eigenvalue weighted by Crippen LogP contribution is -2.19. The molecule has 112 valence electrons. The van der Waals surface area contributed by atoms with Crippen LogP contribution in [0.3, 0.4) is 0 Å². The van der Waals surface area contributed by atoms with Crippen molar-refractivity contribution in [2.24, 2.45) is 0 Å². The van der Waals surface area contributed by atoms with Crippen LogP contribution in [0.15, 0.2) is 47.3 Å². The third-order valence-electron chi connectivity index (χ3n) is 2.59. The van der Waals surface area contributed by atoms with Crippen LogP contribution in [0.5, 0.6) is 0 Å². The summed E-state index contributed by atoms with van der Waals surface area (Å²) in [7, 11) is 0. The third kappa shape index (κ3) is 4.87. The van der Waals surface area contributed by atoms with E-state index < -0.39 is 17.7 Å². The molecule has 1 aliphatic rings. The number of allylic oxidation sites excluding steroid dienone is 6. The molecule has 5 nitrogen and oxygen atoms in total. The summed E-state index contributed by atoms with van der Waals surface area (Å²) in [5, 5.41) is 0. The number of carbonyl (C=O) groups is 3. The van der Waals surface area contributed by atoms with E-state index in [9.17, 15) is 14.4 Å². The topological polar surface area (TPSA) is 69.7 Å². The second-order valence-electron chi connectivity index (χ2n) is 4.28. The van der Waals surface area contributed by atoms with Crippen molar-refractivity contribution in [3.05, 3.63) is 47.3 Å². The van der Waals surface area contributed by atoms with Crippen LogP contribution in [0.4, 0.5) is 0 Å². The maximum atomic E-state index is 12.0. The molecule has 0 saturated carbocycles. The SMILES string of the molecule is CCOC(=O)/C(C(C)=O)=C(\OC(C)=O)C1=CC=CC=CC1. The smallest absolute Gasteiger partial charge is 0.345 e. The van der Waals surface area contributed by atoms with Crippen molar-refractivity contribution in [3.8, 4) is 0 Å². The van der Waals surface area contributed by atoms with Gasteiger partial charge in [0.15, 0.2) is 11.5 Å². The summed E-state index contributed by atoms with van der Waals surface area (Å²) in [5.74, 6) is -1.95. The van der Waals surface area contributed by atoms with E-state index in [1.165, 1.54) is 13.8 Å². The van der Waals surface area contributed by atoms with Crippen LogP contribution < -0.4 is 0 Å². The predicted molar refractivity (Wildman–Crippen MR) is 77.1 cm³/mol. The zero-order chi connectivity index (χ0) is 15.8. The Bertz CT molecular complexity index is 561.